The van der Waals surface area contributed by atoms with Crippen LogP contribution in [0.1, 0.15) is 48.7 Å². The Kier molecular flexibility index (Phi) is 7.18. The molecule has 3 rings (SSSR count). The predicted molar refractivity (Wildman–Crippen MR) is 121 cm³/mol. The lowest BCUT2D eigenvalue weighted by Crippen LogP contribution is -2.38. The van der Waals surface area contributed by atoms with Gasteiger partial charge in [0.2, 0.25) is 0 Å². The predicted octanol–water partition coefficient (Wildman–Crippen LogP) is 3.62. The smallest absolute Gasteiger partial charge is 0.194 e. The molecule has 2 aromatic rings. The highest BCUT2D eigenvalue weighted by molar-refractivity contribution is 5.79. The first kappa shape index (κ1) is 21.2. The van der Waals surface area contributed by atoms with Gasteiger partial charge in [0, 0.05) is 57.2 Å². The number of hydrogen-bond donors (Lipinski definition) is 1. The molecule has 0 aliphatic carbocycles. The van der Waals surface area contributed by atoms with E-state index in [1.165, 1.54) is 54.9 Å². The average molecular weight is 397 g/mol. The van der Waals surface area contributed by atoms with Crippen LogP contribution in [0.25, 0.3) is 0 Å². The van der Waals surface area contributed by atoms with E-state index in [9.17, 15) is 0 Å². The van der Waals surface area contributed by atoms with E-state index in [1.54, 1.807) is 0 Å². The lowest BCUT2D eigenvalue weighted by molar-refractivity contribution is 0.476. The molecule has 1 N–H and O–H groups in total. The molecule has 6 heteroatoms. The normalized spacial score (nSPS) is 14.9. The topological polar surface area (TPSA) is 48.7 Å². The molecule has 1 saturated heterocycles. The van der Waals surface area contributed by atoms with Crippen LogP contribution in [0.3, 0.4) is 0 Å². The molecule has 2 heterocycles. The molecule has 6 nitrogen and oxygen atoms in total. The van der Waals surface area contributed by atoms with Crippen LogP contribution in [0.5, 0.6) is 0 Å². The van der Waals surface area contributed by atoms with Crippen molar-refractivity contribution in [3.05, 3.63) is 46.8 Å². The summed E-state index contributed by atoms with van der Waals surface area (Å²) in [6, 6.07) is 9.03. The number of nitrogens with one attached hydrogen (secondary N) is 1. The molecule has 0 amide bonds. The van der Waals surface area contributed by atoms with Gasteiger partial charge in [0.15, 0.2) is 5.96 Å². The molecule has 0 atom stereocenters. The largest absolute Gasteiger partial charge is 0.372 e. The van der Waals surface area contributed by atoms with Crippen molar-refractivity contribution >= 4 is 11.6 Å². The van der Waals surface area contributed by atoms with E-state index in [1.807, 2.05) is 11.7 Å². The van der Waals surface area contributed by atoms with E-state index in [-0.39, 0.29) is 0 Å². The molecule has 0 spiro atoms. The second-order valence-corrected chi connectivity index (χ2v) is 8.01. The maximum Gasteiger partial charge on any atom is 0.194 e. The Labute approximate surface area is 175 Å². The summed E-state index contributed by atoms with van der Waals surface area (Å²) < 4.78 is 1.93. The van der Waals surface area contributed by atoms with Crippen LogP contribution >= 0.6 is 0 Å². The van der Waals surface area contributed by atoms with Crippen molar-refractivity contribution in [3.8, 4) is 0 Å². The molecule has 0 bridgehead atoms. The van der Waals surface area contributed by atoms with Gasteiger partial charge >= 0.3 is 0 Å². The molecular weight excluding hydrogens is 360 g/mol. The molecule has 0 radical (unpaired) electrons. The lowest BCUT2D eigenvalue weighted by Gasteiger charge is -2.29. The van der Waals surface area contributed by atoms with Crippen LogP contribution in [-0.4, -0.2) is 47.3 Å². The minimum Gasteiger partial charge on any atom is -0.372 e. The van der Waals surface area contributed by atoms with Crippen LogP contribution in [0, 0.1) is 13.8 Å². The number of aromatic nitrogens is 2. The second kappa shape index (κ2) is 9.81. The molecule has 0 unspecified atom stereocenters. The van der Waals surface area contributed by atoms with Gasteiger partial charge in [-0.3, -0.25) is 4.68 Å². The first-order valence-corrected chi connectivity index (χ1v) is 10.8. The zero-order chi connectivity index (χ0) is 20.8. The van der Waals surface area contributed by atoms with Gasteiger partial charge in [0.25, 0.3) is 0 Å². The van der Waals surface area contributed by atoms with E-state index in [0.717, 1.165) is 24.7 Å². The summed E-state index contributed by atoms with van der Waals surface area (Å²) in [6.45, 7) is 11.0. The van der Waals surface area contributed by atoms with Gasteiger partial charge in [-0.15, -0.1) is 0 Å². The summed E-state index contributed by atoms with van der Waals surface area (Å²) in [5.74, 6) is 0.926. The zero-order valence-electron chi connectivity index (χ0n) is 18.7. The van der Waals surface area contributed by atoms with Gasteiger partial charge in [-0.2, -0.15) is 5.10 Å². The van der Waals surface area contributed by atoms with Crippen molar-refractivity contribution in [2.75, 3.05) is 31.6 Å². The van der Waals surface area contributed by atoms with Crippen LogP contribution in [0.2, 0.25) is 0 Å². The molecule has 158 valence electrons. The Morgan fingerprint density at radius 2 is 1.83 bits per heavy atom. The lowest BCUT2D eigenvalue weighted by atomic mass is 10.1. The second-order valence-electron chi connectivity index (χ2n) is 8.01. The van der Waals surface area contributed by atoms with Gasteiger partial charge in [-0.1, -0.05) is 12.1 Å². The van der Waals surface area contributed by atoms with Crippen molar-refractivity contribution in [1.29, 1.82) is 0 Å². The monoisotopic (exact) mass is 396 g/mol. The maximum atomic E-state index is 4.88. The highest BCUT2D eigenvalue weighted by Gasteiger charge is 2.13. The van der Waals surface area contributed by atoms with E-state index < -0.39 is 0 Å². The Balaban J connectivity index is 1.66. The Morgan fingerprint density at radius 1 is 1.14 bits per heavy atom. The van der Waals surface area contributed by atoms with Crippen molar-refractivity contribution in [2.45, 2.75) is 53.1 Å². The Morgan fingerprint density at radius 3 is 2.41 bits per heavy atom. The molecule has 0 saturated carbocycles. The maximum absolute atomic E-state index is 4.88. The molecule has 1 aromatic heterocycles. The highest BCUT2D eigenvalue weighted by Crippen LogP contribution is 2.20. The molecule has 1 aliphatic heterocycles. The van der Waals surface area contributed by atoms with Crippen LogP contribution in [0.15, 0.2) is 29.3 Å². The summed E-state index contributed by atoms with van der Waals surface area (Å²) in [6.07, 6.45) is 3.98. The van der Waals surface area contributed by atoms with Gasteiger partial charge in [-0.05, 0) is 57.7 Å². The van der Waals surface area contributed by atoms with Crippen molar-refractivity contribution in [2.24, 2.45) is 12.0 Å². The summed E-state index contributed by atoms with van der Waals surface area (Å²) in [7, 11) is 4.09. The van der Waals surface area contributed by atoms with Crippen molar-refractivity contribution in [1.82, 2.24) is 20.0 Å². The number of guanidine groups is 1. The van der Waals surface area contributed by atoms with Crippen molar-refractivity contribution in [3.63, 3.8) is 0 Å². The number of anilines is 1. The van der Waals surface area contributed by atoms with E-state index >= 15 is 0 Å². The fraction of sp³-hybridized carbons (Fsp3) is 0.565. The van der Waals surface area contributed by atoms with Gasteiger partial charge in [-0.25, -0.2) is 4.99 Å². The number of aliphatic imine (C=N–C) groups is 1. The van der Waals surface area contributed by atoms with Crippen LogP contribution in [0.4, 0.5) is 5.69 Å². The fourth-order valence-electron chi connectivity index (χ4n) is 3.98. The minimum atomic E-state index is 0.645. The zero-order valence-corrected chi connectivity index (χ0v) is 18.7. The third-order valence-corrected chi connectivity index (χ3v) is 5.82. The first-order chi connectivity index (χ1) is 14.0. The molecule has 1 fully saturated rings. The number of aryl methyl sites for hydroxylation is 2. The average Bonchev–Trinajstić information content (AvgIpc) is 2.97. The van der Waals surface area contributed by atoms with Crippen LogP contribution in [-0.2, 0) is 20.1 Å². The Bertz CT molecular complexity index is 815. The van der Waals surface area contributed by atoms with E-state index in [4.69, 9.17) is 4.99 Å². The number of benzene rings is 1. The third kappa shape index (κ3) is 5.31. The number of hydrogen-bond acceptors (Lipinski definition) is 3. The SMILES string of the molecule is CCNC(=NCc1c(C)nn(C)c1C)N(C)Cc1ccc(N2CCCCC2)cc1. The number of rotatable bonds is 6. The van der Waals surface area contributed by atoms with Gasteiger partial charge in [0.1, 0.15) is 0 Å². The number of nitrogens with zero attached hydrogens (tertiary/aromatic N) is 5. The third-order valence-electron chi connectivity index (χ3n) is 5.82. The van der Waals surface area contributed by atoms with Crippen molar-refractivity contribution < 1.29 is 0 Å². The summed E-state index contributed by atoms with van der Waals surface area (Å²) in [5.41, 5.74) is 6.09. The molecule has 29 heavy (non-hydrogen) atoms. The van der Waals surface area contributed by atoms with Gasteiger partial charge in [0.05, 0.1) is 12.2 Å². The van der Waals surface area contributed by atoms with Crippen LogP contribution < -0.4 is 10.2 Å². The standard InChI is InChI=1S/C23H36N6/c1-6-24-23(25-16-22-18(2)26-28(5)19(22)3)27(4)17-20-10-12-21(13-11-20)29-14-8-7-9-15-29/h10-13H,6-9,14-17H2,1-5H3,(H,24,25). The fourth-order valence-corrected chi connectivity index (χ4v) is 3.98. The van der Waals surface area contributed by atoms with E-state index in [0.29, 0.717) is 6.54 Å². The van der Waals surface area contributed by atoms with Gasteiger partial charge < -0.3 is 15.1 Å². The molecule has 1 aromatic carbocycles. The highest BCUT2D eigenvalue weighted by atomic mass is 15.3. The van der Waals surface area contributed by atoms with E-state index in [2.05, 4.69) is 72.3 Å². The molecular formula is C23H36N6. The minimum absolute atomic E-state index is 0.645. The molecule has 1 aliphatic rings. The summed E-state index contributed by atoms with van der Waals surface area (Å²) in [5, 5.41) is 7.93. The summed E-state index contributed by atoms with van der Waals surface area (Å²) in [4.78, 5) is 9.57. The quantitative estimate of drug-likeness (QED) is 0.598. The summed E-state index contributed by atoms with van der Waals surface area (Å²) >= 11 is 0. The first-order valence-electron chi connectivity index (χ1n) is 10.8. The number of piperidine rings is 1. The Hall–Kier alpha value is -2.50.